The summed E-state index contributed by atoms with van der Waals surface area (Å²) in [6.07, 6.45) is -2.66. The highest BCUT2D eigenvalue weighted by molar-refractivity contribution is 6.30. The first-order valence-electron chi connectivity index (χ1n) is 5.51. The van der Waals surface area contributed by atoms with Crippen LogP contribution in [0.3, 0.4) is 0 Å². The van der Waals surface area contributed by atoms with Gasteiger partial charge in [-0.2, -0.15) is 13.2 Å². The molecule has 0 aliphatic rings. The molecular weight excluding hydrogens is 251 g/mol. The third kappa shape index (κ3) is 4.11. The minimum atomic E-state index is -4.37. The maximum absolute atomic E-state index is 12.6. The largest absolute Gasteiger partial charge is 0.416 e. The van der Waals surface area contributed by atoms with Crippen molar-refractivity contribution in [3.63, 3.8) is 0 Å². The average molecular weight is 266 g/mol. The van der Waals surface area contributed by atoms with Crippen molar-refractivity contribution in [3.05, 3.63) is 28.8 Å². The van der Waals surface area contributed by atoms with Gasteiger partial charge in [-0.1, -0.05) is 25.4 Å². The van der Waals surface area contributed by atoms with Gasteiger partial charge in [0.1, 0.15) is 0 Å². The molecule has 0 heterocycles. The van der Waals surface area contributed by atoms with E-state index in [0.717, 1.165) is 25.0 Å². The van der Waals surface area contributed by atoms with Crippen LogP contribution in [0.25, 0.3) is 0 Å². The molecule has 0 saturated heterocycles. The normalized spacial score (nSPS) is 11.9. The number of halogens is 4. The highest BCUT2D eigenvalue weighted by atomic mass is 35.5. The molecule has 96 valence electrons. The number of rotatable bonds is 4. The second-order valence-corrected chi connectivity index (χ2v) is 4.32. The van der Waals surface area contributed by atoms with E-state index < -0.39 is 11.7 Å². The second-order valence-electron chi connectivity index (χ2n) is 3.88. The molecule has 0 aliphatic heterocycles. The summed E-state index contributed by atoms with van der Waals surface area (Å²) in [6, 6.07) is 3.69. The van der Waals surface area contributed by atoms with Crippen molar-refractivity contribution in [1.82, 2.24) is 0 Å². The highest BCUT2D eigenvalue weighted by Gasteiger charge is 2.31. The van der Waals surface area contributed by atoms with Crippen LogP contribution in [-0.4, -0.2) is 6.04 Å². The van der Waals surface area contributed by atoms with E-state index >= 15 is 0 Å². The number of hydrogen-bond donors (Lipinski definition) is 1. The van der Waals surface area contributed by atoms with Crippen molar-refractivity contribution in [1.29, 1.82) is 0 Å². The Morgan fingerprint density at radius 1 is 1.18 bits per heavy atom. The molecule has 0 unspecified atom stereocenters. The molecular formula is C12H15ClF3N. The van der Waals surface area contributed by atoms with E-state index in [1.54, 1.807) is 0 Å². The standard InChI is InChI=1S/C12H15ClF3N/c1-3-10(4-2)17-11-6-8(12(14,15)16)5-9(13)7-11/h5-7,10,17H,3-4H2,1-2H3. The first-order chi connectivity index (χ1) is 7.86. The van der Waals surface area contributed by atoms with Crippen molar-refractivity contribution < 1.29 is 13.2 Å². The van der Waals surface area contributed by atoms with Crippen molar-refractivity contribution >= 4 is 17.3 Å². The monoisotopic (exact) mass is 265 g/mol. The second kappa shape index (κ2) is 5.63. The Labute approximate surface area is 104 Å². The topological polar surface area (TPSA) is 12.0 Å². The van der Waals surface area contributed by atoms with Gasteiger partial charge < -0.3 is 5.32 Å². The van der Waals surface area contributed by atoms with Gasteiger partial charge >= 0.3 is 6.18 Å². The van der Waals surface area contributed by atoms with E-state index in [4.69, 9.17) is 11.6 Å². The average Bonchev–Trinajstić information content (AvgIpc) is 2.24. The molecule has 0 radical (unpaired) electrons. The van der Waals surface area contributed by atoms with Crippen molar-refractivity contribution in [3.8, 4) is 0 Å². The molecule has 0 atom stereocenters. The molecule has 1 nitrogen and oxygen atoms in total. The Balaban J connectivity index is 2.97. The van der Waals surface area contributed by atoms with E-state index in [1.807, 2.05) is 13.8 Å². The summed E-state index contributed by atoms with van der Waals surface area (Å²) < 4.78 is 37.7. The Kier molecular flexibility index (Phi) is 4.69. The smallest absolute Gasteiger partial charge is 0.382 e. The summed E-state index contributed by atoms with van der Waals surface area (Å²) >= 11 is 5.69. The molecule has 1 aromatic carbocycles. The number of anilines is 1. The van der Waals surface area contributed by atoms with E-state index in [1.165, 1.54) is 6.07 Å². The summed E-state index contributed by atoms with van der Waals surface area (Å²) in [6.45, 7) is 3.97. The fourth-order valence-electron chi connectivity index (χ4n) is 1.57. The molecule has 5 heteroatoms. The summed E-state index contributed by atoms with van der Waals surface area (Å²) in [4.78, 5) is 0. The van der Waals surface area contributed by atoms with Crippen LogP contribution in [0, 0.1) is 0 Å². The van der Waals surface area contributed by atoms with Crippen LogP contribution in [-0.2, 0) is 6.18 Å². The van der Waals surface area contributed by atoms with Gasteiger partial charge in [0.25, 0.3) is 0 Å². The van der Waals surface area contributed by atoms with Crippen LogP contribution in [0.2, 0.25) is 5.02 Å². The third-order valence-corrected chi connectivity index (χ3v) is 2.80. The van der Waals surface area contributed by atoms with Gasteiger partial charge in [0, 0.05) is 16.8 Å². The molecule has 0 amide bonds. The minimum absolute atomic E-state index is 0.0910. The van der Waals surface area contributed by atoms with Gasteiger partial charge in [0.2, 0.25) is 0 Å². The fourth-order valence-corrected chi connectivity index (χ4v) is 1.80. The van der Waals surface area contributed by atoms with Gasteiger partial charge in [-0.3, -0.25) is 0 Å². The predicted molar refractivity (Wildman–Crippen MR) is 64.4 cm³/mol. The lowest BCUT2D eigenvalue weighted by molar-refractivity contribution is -0.137. The van der Waals surface area contributed by atoms with Gasteiger partial charge in [0.15, 0.2) is 0 Å². The highest BCUT2D eigenvalue weighted by Crippen LogP contribution is 2.33. The Bertz CT molecular complexity index is 373. The van der Waals surface area contributed by atoms with Crippen LogP contribution in [0.5, 0.6) is 0 Å². The van der Waals surface area contributed by atoms with E-state index in [2.05, 4.69) is 5.32 Å². The van der Waals surface area contributed by atoms with Crippen LogP contribution in [0.1, 0.15) is 32.3 Å². The first kappa shape index (κ1) is 14.2. The SMILES string of the molecule is CCC(CC)Nc1cc(Cl)cc(C(F)(F)F)c1. The van der Waals surface area contributed by atoms with Gasteiger partial charge in [-0.25, -0.2) is 0 Å². The fraction of sp³-hybridized carbons (Fsp3) is 0.500. The van der Waals surface area contributed by atoms with Crippen molar-refractivity contribution in [2.45, 2.75) is 38.9 Å². The minimum Gasteiger partial charge on any atom is -0.382 e. The molecule has 1 aromatic rings. The lowest BCUT2D eigenvalue weighted by Crippen LogP contribution is -2.17. The van der Waals surface area contributed by atoms with Crippen LogP contribution in [0.15, 0.2) is 18.2 Å². The molecule has 0 aromatic heterocycles. The summed E-state index contributed by atoms with van der Waals surface area (Å²) in [5, 5.41) is 3.14. The van der Waals surface area contributed by atoms with Crippen molar-refractivity contribution in [2.75, 3.05) is 5.32 Å². The zero-order valence-corrected chi connectivity index (χ0v) is 10.5. The number of alkyl halides is 3. The molecule has 0 aliphatic carbocycles. The Morgan fingerprint density at radius 2 is 1.76 bits per heavy atom. The Morgan fingerprint density at radius 3 is 2.24 bits per heavy atom. The summed E-state index contributed by atoms with van der Waals surface area (Å²) in [5.41, 5.74) is -0.308. The molecule has 1 rings (SSSR count). The number of nitrogens with one attached hydrogen (secondary N) is 1. The molecule has 0 fully saturated rings. The van der Waals surface area contributed by atoms with Crippen molar-refractivity contribution in [2.24, 2.45) is 0 Å². The predicted octanol–water partition coefficient (Wildman–Crippen LogP) is 4.96. The number of benzene rings is 1. The number of hydrogen-bond acceptors (Lipinski definition) is 1. The first-order valence-corrected chi connectivity index (χ1v) is 5.89. The van der Waals surface area contributed by atoms with E-state index in [0.29, 0.717) is 5.69 Å². The molecule has 1 N–H and O–H groups in total. The molecule has 17 heavy (non-hydrogen) atoms. The zero-order chi connectivity index (χ0) is 13.1. The summed E-state index contributed by atoms with van der Waals surface area (Å²) in [7, 11) is 0. The molecule has 0 spiro atoms. The molecule has 0 bridgehead atoms. The molecule has 0 saturated carbocycles. The van der Waals surface area contributed by atoms with Crippen LogP contribution < -0.4 is 5.32 Å². The quantitative estimate of drug-likeness (QED) is 0.811. The lowest BCUT2D eigenvalue weighted by Gasteiger charge is -2.18. The summed E-state index contributed by atoms with van der Waals surface area (Å²) in [5.74, 6) is 0. The van der Waals surface area contributed by atoms with E-state index in [-0.39, 0.29) is 11.1 Å². The maximum atomic E-state index is 12.6. The van der Waals surface area contributed by atoms with Crippen LogP contribution >= 0.6 is 11.6 Å². The lowest BCUT2D eigenvalue weighted by atomic mass is 10.1. The maximum Gasteiger partial charge on any atom is 0.416 e. The third-order valence-electron chi connectivity index (χ3n) is 2.58. The Hall–Kier alpha value is -0.900. The zero-order valence-electron chi connectivity index (χ0n) is 9.74. The van der Waals surface area contributed by atoms with Crippen LogP contribution in [0.4, 0.5) is 18.9 Å². The van der Waals surface area contributed by atoms with Gasteiger partial charge in [-0.05, 0) is 31.0 Å². The van der Waals surface area contributed by atoms with E-state index in [9.17, 15) is 13.2 Å². The van der Waals surface area contributed by atoms with Gasteiger partial charge in [-0.15, -0.1) is 0 Å². The van der Waals surface area contributed by atoms with Gasteiger partial charge in [0.05, 0.1) is 5.56 Å².